The van der Waals surface area contributed by atoms with Crippen LogP contribution in [0.15, 0.2) is 47.5 Å². The van der Waals surface area contributed by atoms with Crippen LogP contribution in [0.5, 0.6) is 17.2 Å². The molecular formula is C20H25N3O4. The quantitative estimate of drug-likeness (QED) is 0.575. The summed E-state index contributed by atoms with van der Waals surface area (Å²) in [7, 11) is 6.85. The van der Waals surface area contributed by atoms with Crippen LogP contribution in [0.4, 0.5) is 0 Å². The lowest BCUT2D eigenvalue weighted by Gasteiger charge is -2.23. The molecule has 2 heterocycles. The molecule has 0 radical (unpaired) electrons. The van der Waals surface area contributed by atoms with Crippen molar-refractivity contribution in [3.8, 4) is 17.2 Å². The molecule has 0 bridgehead atoms. The topological polar surface area (TPSA) is 61.9 Å². The molecule has 0 N–H and O–H groups in total. The van der Waals surface area contributed by atoms with Gasteiger partial charge in [0.1, 0.15) is 5.76 Å². The number of benzene rings is 1. The monoisotopic (exact) mass is 371 g/mol. The molecule has 0 fully saturated rings. The lowest BCUT2D eigenvalue weighted by atomic mass is 10.1. The Hall–Kier alpha value is -2.93. The van der Waals surface area contributed by atoms with Crippen molar-refractivity contribution in [2.75, 3.05) is 21.3 Å². The van der Waals surface area contributed by atoms with Crippen LogP contribution in [-0.2, 0) is 26.7 Å². The van der Waals surface area contributed by atoms with Crippen LogP contribution in [0.1, 0.15) is 17.0 Å². The minimum Gasteiger partial charge on any atom is -0.493 e. The van der Waals surface area contributed by atoms with Crippen LogP contribution in [0, 0.1) is 0 Å². The minimum atomic E-state index is 0.594. The summed E-state index contributed by atoms with van der Waals surface area (Å²) in [6.45, 7) is 2.03. The van der Waals surface area contributed by atoms with Gasteiger partial charge in [0.25, 0.3) is 0 Å². The molecule has 2 aromatic heterocycles. The summed E-state index contributed by atoms with van der Waals surface area (Å²) in [6, 6.07) is 7.76. The molecule has 0 aliphatic carbocycles. The van der Waals surface area contributed by atoms with E-state index in [1.54, 1.807) is 33.9 Å². The summed E-state index contributed by atoms with van der Waals surface area (Å²) in [5.74, 6) is 2.81. The number of aromatic nitrogens is 2. The maximum Gasteiger partial charge on any atom is 0.203 e. The molecule has 27 heavy (non-hydrogen) atoms. The van der Waals surface area contributed by atoms with Crippen molar-refractivity contribution in [2.24, 2.45) is 7.05 Å². The van der Waals surface area contributed by atoms with Crippen molar-refractivity contribution >= 4 is 0 Å². The van der Waals surface area contributed by atoms with E-state index in [0.717, 1.165) is 17.0 Å². The molecule has 0 saturated heterocycles. The Bertz CT molecular complexity index is 858. The summed E-state index contributed by atoms with van der Waals surface area (Å²) in [5, 5.41) is 0. The van der Waals surface area contributed by atoms with Crippen molar-refractivity contribution in [1.82, 2.24) is 14.5 Å². The number of rotatable bonds is 9. The molecule has 0 saturated carbocycles. The van der Waals surface area contributed by atoms with E-state index in [9.17, 15) is 0 Å². The van der Waals surface area contributed by atoms with Crippen molar-refractivity contribution in [1.29, 1.82) is 0 Å². The van der Waals surface area contributed by atoms with Crippen LogP contribution in [0.2, 0.25) is 0 Å². The second kappa shape index (κ2) is 8.64. The first-order valence-corrected chi connectivity index (χ1v) is 8.64. The number of hydrogen-bond donors (Lipinski definition) is 0. The van der Waals surface area contributed by atoms with E-state index in [0.29, 0.717) is 36.9 Å². The third kappa shape index (κ3) is 4.25. The first-order valence-electron chi connectivity index (χ1n) is 8.64. The van der Waals surface area contributed by atoms with E-state index < -0.39 is 0 Å². The number of nitrogens with zero attached hydrogens (tertiary/aromatic N) is 3. The molecule has 0 amide bonds. The van der Waals surface area contributed by atoms with Gasteiger partial charge in [0, 0.05) is 31.9 Å². The highest BCUT2D eigenvalue weighted by molar-refractivity contribution is 5.55. The molecule has 0 unspecified atom stereocenters. The van der Waals surface area contributed by atoms with E-state index in [1.165, 1.54) is 0 Å². The van der Waals surface area contributed by atoms with Crippen LogP contribution < -0.4 is 14.2 Å². The van der Waals surface area contributed by atoms with E-state index in [-0.39, 0.29) is 0 Å². The van der Waals surface area contributed by atoms with Gasteiger partial charge in [0.2, 0.25) is 5.75 Å². The maximum atomic E-state index is 5.63. The third-order valence-electron chi connectivity index (χ3n) is 4.44. The van der Waals surface area contributed by atoms with Gasteiger partial charge in [-0.1, -0.05) is 6.07 Å². The number of imidazole rings is 1. The molecule has 3 aromatic rings. The average Bonchev–Trinajstić information content (AvgIpc) is 3.33. The number of methoxy groups -OCH3 is 3. The average molecular weight is 371 g/mol. The SMILES string of the molecule is COc1ccc(CN(Cc2ccco2)Cc2cncn2C)c(OC)c1OC. The highest BCUT2D eigenvalue weighted by Gasteiger charge is 2.19. The summed E-state index contributed by atoms with van der Waals surface area (Å²) < 4.78 is 24.1. The van der Waals surface area contributed by atoms with Gasteiger partial charge >= 0.3 is 0 Å². The van der Waals surface area contributed by atoms with Gasteiger partial charge in [-0.3, -0.25) is 4.90 Å². The summed E-state index contributed by atoms with van der Waals surface area (Å²) in [5.41, 5.74) is 2.12. The zero-order chi connectivity index (χ0) is 19.2. The third-order valence-corrected chi connectivity index (χ3v) is 4.44. The second-order valence-electron chi connectivity index (χ2n) is 6.21. The molecule has 7 nitrogen and oxygen atoms in total. The molecular weight excluding hydrogens is 346 g/mol. The molecule has 0 aliphatic rings. The van der Waals surface area contributed by atoms with Gasteiger partial charge in [0.15, 0.2) is 11.5 Å². The predicted octanol–water partition coefficient (Wildman–Crippen LogP) is 3.24. The van der Waals surface area contributed by atoms with Gasteiger partial charge in [0.05, 0.1) is 46.2 Å². The second-order valence-corrected chi connectivity index (χ2v) is 6.21. The van der Waals surface area contributed by atoms with Gasteiger partial charge in [-0.05, 0) is 18.2 Å². The minimum absolute atomic E-state index is 0.594. The van der Waals surface area contributed by atoms with Crippen LogP contribution in [0.3, 0.4) is 0 Å². The Morgan fingerprint density at radius 3 is 2.41 bits per heavy atom. The fourth-order valence-electron chi connectivity index (χ4n) is 3.09. The summed E-state index contributed by atoms with van der Waals surface area (Å²) >= 11 is 0. The van der Waals surface area contributed by atoms with Gasteiger partial charge in [-0.25, -0.2) is 4.98 Å². The number of hydrogen-bond acceptors (Lipinski definition) is 6. The molecule has 0 atom stereocenters. The van der Waals surface area contributed by atoms with Crippen LogP contribution in [-0.4, -0.2) is 35.8 Å². The molecule has 144 valence electrons. The van der Waals surface area contributed by atoms with Gasteiger partial charge in [-0.15, -0.1) is 0 Å². The molecule has 0 aliphatic heterocycles. The zero-order valence-electron chi connectivity index (χ0n) is 16.1. The first-order chi connectivity index (χ1) is 13.2. The Labute approximate surface area is 159 Å². The smallest absolute Gasteiger partial charge is 0.203 e. The van der Waals surface area contributed by atoms with Crippen molar-refractivity contribution in [2.45, 2.75) is 19.6 Å². The number of ether oxygens (including phenoxy) is 3. The van der Waals surface area contributed by atoms with E-state index in [1.807, 2.05) is 42.1 Å². The first kappa shape index (κ1) is 18.8. The van der Waals surface area contributed by atoms with Crippen LogP contribution in [0.25, 0.3) is 0 Å². The van der Waals surface area contributed by atoms with E-state index >= 15 is 0 Å². The largest absolute Gasteiger partial charge is 0.493 e. The fraction of sp³-hybridized carbons (Fsp3) is 0.350. The Balaban J connectivity index is 1.90. The Morgan fingerprint density at radius 2 is 1.81 bits per heavy atom. The van der Waals surface area contributed by atoms with Gasteiger partial charge < -0.3 is 23.2 Å². The highest BCUT2D eigenvalue weighted by atomic mass is 16.5. The predicted molar refractivity (Wildman–Crippen MR) is 101 cm³/mol. The van der Waals surface area contributed by atoms with Crippen LogP contribution >= 0.6 is 0 Å². The molecule has 7 heteroatoms. The van der Waals surface area contributed by atoms with Crippen molar-refractivity contribution in [3.05, 3.63) is 60.1 Å². The van der Waals surface area contributed by atoms with Crippen molar-refractivity contribution in [3.63, 3.8) is 0 Å². The molecule has 1 aromatic carbocycles. The normalized spacial score (nSPS) is 11.0. The lowest BCUT2D eigenvalue weighted by molar-refractivity contribution is 0.218. The van der Waals surface area contributed by atoms with E-state index in [2.05, 4.69) is 9.88 Å². The zero-order valence-corrected chi connectivity index (χ0v) is 16.1. The Kier molecular flexibility index (Phi) is 6.03. The molecule has 3 rings (SSSR count). The molecule has 0 spiro atoms. The highest BCUT2D eigenvalue weighted by Crippen LogP contribution is 2.40. The van der Waals surface area contributed by atoms with Crippen molar-refractivity contribution < 1.29 is 18.6 Å². The number of furan rings is 1. The maximum absolute atomic E-state index is 5.63. The fourth-order valence-corrected chi connectivity index (χ4v) is 3.09. The van der Waals surface area contributed by atoms with Gasteiger partial charge in [-0.2, -0.15) is 0 Å². The lowest BCUT2D eigenvalue weighted by Crippen LogP contribution is -2.23. The van der Waals surface area contributed by atoms with E-state index in [4.69, 9.17) is 18.6 Å². The summed E-state index contributed by atoms with van der Waals surface area (Å²) in [4.78, 5) is 6.48. The number of aryl methyl sites for hydroxylation is 1. The summed E-state index contributed by atoms with van der Waals surface area (Å²) in [6.07, 6.45) is 5.37. The Morgan fingerprint density at radius 1 is 1.00 bits per heavy atom. The standard InChI is InChI=1S/C20H25N3O4/c1-22-14-21-10-16(22)12-23(13-17-6-5-9-27-17)11-15-7-8-18(24-2)20(26-4)19(15)25-3/h5-10,14H,11-13H2,1-4H3.